The Labute approximate surface area is 156 Å². The van der Waals surface area contributed by atoms with Crippen LogP contribution in [0.25, 0.3) is 0 Å². The first-order chi connectivity index (χ1) is 12.0. The molecule has 0 aromatic heterocycles. The molecular formula is C17H21ClN2O4S. The molecule has 2 N–H and O–H groups in total. The summed E-state index contributed by atoms with van der Waals surface area (Å²) >= 11 is 7.36. The summed E-state index contributed by atoms with van der Waals surface area (Å²) in [4.78, 5) is 36.1. The fourth-order valence-electron chi connectivity index (χ4n) is 2.06. The van der Waals surface area contributed by atoms with Crippen molar-refractivity contribution in [3.63, 3.8) is 0 Å². The summed E-state index contributed by atoms with van der Waals surface area (Å²) in [5.74, 6) is -0.637. The molecule has 1 atom stereocenters. The summed E-state index contributed by atoms with van der Waals surface area (Å²) < 4.78 is 5.05. The number of benzene rings is 1. The van der Waals surface area contributed by atoms with Gasteiger partial charge in [-0.25, -0.2) is 4.79 Å². The predicted octanol–water partition coefficient (Wildman–Crippen LogP) is 2.01. The van der Waals surface area contributed by atoms with E-state index in [-0.39, 0.29) is 24.5 Å². The van der Waals surface area contributed by atoms with Crippen LogP contribution in [0.4, 0.5) is 0 Å². The van der Waals surface area contributed by atoms with Crippen molar-refractivity contribution in [2.75, 3.05) is 18.6 Å². The van der Waals surface area contributed by atoms with E-state index in [0.717, 1.165) is 12.8 Å². The highest BCUT2D eigenvalue weighted by molar-refractivity contribution is 7.98. The monoisotopic (exact) mass is 384 g/mol. The molecule has 25 heavy (non-hydrogen) atoms. The van der Waals surface area contributed by atoms with Gasteiger partial charge >= 0.3 is 5.97 Å². The van der Waals surface area contributed by atoms with Crippen LogP contribution in [0.1, 0.15) is 29.6 Å². The molecule has 0 bridgehead atoms. The first-order valence-corrected chi connectivity index (χ1v) is 9.78. The van der Waals surface area contributed by atoms with Gasteiger partial charge in [-0.1, -0.05) is 11.6 Å². The Morgan fingerprint density at radius 3 is 2.56 bits per heavy atom. The molecule has 1 aliphatic carbocycles. The molecule has 136 valence electrons. The molecule has 0 spiro atoms. The minimum Gasteiger partial charge on any atom is -0.454 e. The predicted molar refractivity (Wildman–Crippen MR) is 97.8 cm³/mol. The summed E-state index contributed by atoms with van der Waals surface area (Å²) in [5, 5.41) is 5.93. The number of esters is 1. The zero-order valence-corrected chi connectivity index (χ0v) is 15.5. The van der Waals surface area contributed by atoms with Crippen molar-refractivity contribution in [3.05, 3.63) is 34.9 Å². The van der Waals surface area contributed by atoms with E-state index in [0.29, 0.717) is 22.8 Å². The highest BCUT2D eigenvalue weighted by Crippen LogP contribution is 2.18. The molecule has 0 saturated heterocycles. The molecule has 6 nitrogen and oxygen atoms in total. The summed E-state index contributed by atoms with van der Waals surface area (Å²) in [6.07, 6.45) is 4.26. The van der Waals surface area contributed by atoms with E-state index in [1.165, 1.54) is 0 Å². The highest BCUT2D eigenvalue weighted by Gasteiger charge is 2.26. The van der Waals surface area contributed by atoms with E-state index >= 15 is 0 Å². The molecule has 0 radical (unpaired) electrons. The third kappa shape index (κ3) is 6.96. The molecule has 2 rings (SSSR count). The first kappa shape index (κ1) is 19.6. The van der Waals surface area contributed by atoms with Gasteiger partial charge in [-0.3, -0.25) is 9.59 Å². The van der Waals surface area contributed by atoms with Crippen LogP contribution in [-0.2, 0) is 14.3 Å². The number of carbonyl (C=O) groups is 3. The van der Waals surface area contributed by atoms with Gasteiger partial charge in [0.2, 0.25) is 0 Å². The van der Waals surface area contributed by atoms with E-state index in [1.807, 2.05) is 6.26 Å². The fraction of sp³-hybridized carbons (Fsp3) is 0.471. The minimum absolute atomic E-state index is 0.211. The first-order valence-electron chi connectivity index (χ1n) is 8.01. The molecule has 2 amide bonds. The Morgan fingerprint density at radius 2 is 1.96 bits per heavy atom. The van der Waals surface area contributed by atoms with E-state index in [1.54, 1.807) is 36.0 Å². The van der Waals surface area contributed by atoms with Crippen LogP contribution in [0.15, 0.2) is 24.3 Å². The average molecular weight is 385 g/mol. The Kier molecular flexibility index (Phi) is 7.58. The lowest BCUT2D eigenvalue weighted by atomic mass is 10.1. The van der Waals surface area contributed by atoms with Crippen molar-refractivity contribution in [1.29, 1.82) is 0 Å². The van der Waals surface area contributed by atoms with Gasteiger partial charge < -0.3 is 15.4 Å². The van der Waals surface area contributed by atoms with Crippen molar-refractivity contribution in [2.24, 2.45) is 0 Å². The molecule has 0 heterocycles. The standard InChI is InChI=1S/C17H21ClN2O4S/c1-25-9-8-14(17(23)24-10-15(21)19-13-6-7-13)20-16(22)11-2-4-12(18)5-3-11/h2-5,13-14H,6-10H2,1H3,(H,19,21)(H,20,22)/t14-/m1/s1. The highest BCUT2D eigenvalue weighted by atomic mass is 35.5. The van der Waals surface area contributed by atoms with Crippen LogP contribution in [-0.4, -0.2) is 48.5 Å². The Hall–Kier alpha value is -1.73. The largest absolute Gasteiger partial charge is 0.454 e. The van der Waals surface area contributed by atoms with Crippen LogP contribution in [0.2, 0.25) is 5.02 Å². The maximum atomic E-state index is 12.3. The van der Waals surface area contributed by atoms with Gasteiger partial charge in [-0.15, -0.1) is 0 Å². The number of hydrogen-bond donors (Lipinski definition) is 2. The summed E-state index contributed by atoms with van der Waals surface area (Å²) in [6.45, 7) is -0.331. The number of hydrogen-bond acceptors (Lipinski definition) is 5. The summed E-state index contributed by atoms with van der Waals surface area (Å²) in [7, 11) is 0. The minimum atomic E-state index is -0.802. The topological polar surface area (TPSA) is 84.5 Å². The fourth-order valence-corrected chi connectivity index (χ4v) is 2.66. The van der Waals surface area contributed by atoms with E-state index < -0.39 is 12.0 Å². The Morgan fingerprint density at radius 1 is 1.28 bits per heavy atom. The molecule has 8 heteroatoms. The second kappa shape index (κ2) is 9.68. The summed E-state index contributed by atoms with van der Waals surface area (Å²) in [5.41, 5.74) is 0.401. The quantitative estimate of drug-likeness (QED) is 0.636. The Bertz CT molecular complexity index is 620. The van der Waals surface area contributed by atoms with Crippen molar-refractivity contribution < 1.29 is 19.1 Å². The van der Waals surface area contributed by atoms with Gasteiger partial charge in [0.1, 0.15) is 6.04 Å². The van der Waals surface area contributed by atoms with E-state index in [4.69, 9.17) is 16.3 Å². The maximum absolute atomic E-state index is 12.3. The van der Waals surface area contributed by atoms with Crippen molar-refractivity contribution in [2.45, 2.75) is 31.3 Å². The number of carbonyl (C=O) groups excluding carboxylic acids is 3. The molecule has 1 fully saturated rings. The zero-order valence-electron chi connectivity index (χ0n) is 13.9. The molecule has 1 saturated carbocycles. The number of nitrogens with one attached hydrogen (secondary N) is 2. The van der Waals surface area contributed by atoms with Gasteiger partial charge in [0, 0.05) is 16.6 Å². The lowest BCUT2D eigenvalue weighted by Crippen LogP contribution is -2.43. The maximum Gasteiger partial charge on any atom is 0.329 e. The molecule has 0 unspecified atom stereocenters. The van der Waals surface area contributed by atoms with Crippen LogP contribution in [0.5, 0.6) is 0 Å². The van der Waals surface area contributed by atoms with Gasteiger partial charge in [0.05, 0.1) is 0 Å². The SMILES string of the molecule is CSCC[C@@H](NC(=O)c1ccc(Cl)cc1)C(=O)OCC(=O)NC1CC1. The number of ether oxygens (including phenoxy) is 1. The van der Waals surface area contributed by atoms with Crippen LogP contribution >= 0.6 is 23.4 Å². The molecule has 1 aliphatic rings. The normalized spacial score (nSPS) is 14.5. The van der Waals surface area contributed by atoms with Gasteiger partial charge in [0.15, 0.2) is 6.61 Å². The number of rotatable bonds is 9. The molecule has 1 aromatic rings. The molecule has 1 aromatic carbocycles. The van der Waals surface area contributed by atoms with Crippen LogP contribution in [0.3, 0.4) is 0 Å². The molecular weight excluding hydrogens is 364 g/mol. The van der Waals surface area contributed by atoms with Crippen molar-refractivity contribution >= 4 is 41.1 Å². The second-order valence-corrected chi connectivity index (χ2v) is 7.19. The third-order valence-corrected chi connectivity index (χ3v) is 4.49. The van der Waals surface area contributed by atoms with Crippen molar-refractivity contribution in [1.82, 2.24) is 10.6 Å². The van der Waals surface area contributed by atoms with Gasteiger partial charge in [-0.2, -0.15) is 11.8 Å². The number of thioether (sulfide) groups is 1. The van der Waals surface area contributed by atoms with Gasteiger partial charge in [0.25, 0.3) is 11.8 Å². The number of amides is 2. The second-order valence-electron chi connectivity index (χ2n) is 5.76. The third-order valence-electron chi connectivity index (χ3n) is 3.59. The van der Waals surface area contributed by atoms with Crippen molar-refractivity contribution in [3.8, 4) is 0 Å². The number of halogens is 1. The lowest BCUT2D eigenvalue weighted by Gasteiger charge is -2.17. The average Bonchev–Trinajstić information content (AvgIpc) is 3.40. The Balaban J connectivity index is 1.89. The smallest absolute Gasteiger partial charge is 0.329 e. The van der Waals surface area contributed by atoms with Crippen LogP contribution < -0.4 is 10.6 Å². The zero-order chi connectivity index (χ0) is 18.2. The lowest BCUT2D eigenvalue weighted by molar-refractivity contribution is -0.150. The van der Waals surface area contributed by atoms with E-state index in [9.17, 15) is 14.4 Å². The van der Waals surface area contributed by atoms with E-state index in [2.05, 4.69) is 10.6 Å². The van der Waals surface area contributed by atoms with Gasteiger partial charge in [-0.05, 0) is 55.5 Å². The summed E-state index contributed by atoms with van der Waals surface area (Å²) in [6, 6.07) is 5.78. The molecule has 0 aliphatic heterocycles. The van der Waals surface area contributed by atoms with Crippen LogP contribution in [0, 0.1) is 0 Å².